The average molecular weight is 262 g/mol. The highest BCUT2D eigenvalue weighted by molar-refractivity contribution is 6.04. The number of carbonyl (C=O) groups is 2. The third-order valence-corrected chi connectivity index (χ3v) is 3.68. The van der Waals surface area contributed by atoms with Gasteiger partial charge in [0.1, 0.15) is 0 Å². The van der Waals surface area contributed by atoms with Crippen LogP contribution in [-0.4, -0.2) is 24.0 Å². The summed E-state index contributed by atoms with van der Waals surface area (Å²) in [4.78, 5) is 24.1. The zero-order chi connectivity index (χ0) is 14.2. The number of likely N-dealkylation sites (N-methyl/N-ethyl adjacent to an activating group) is 1. The van der Waals surface area contributed by atoms with Crippen molar-refractivity contribution in [2.75, 3.05) is 11.9 Å². The van der Waals surface area contributed by atoms with E-state index in [0.717, 1.165) is 16.8 Å². The molecule has 0 bridgehead atoms. The van der Waals surface area contributed by atoms with Crippen LogP contribution in [0, 0.1) is 0 Å². The highest BCUT2D eigenvalue weighted by Crippen LogP contribution is 2.37. The number of nitrogens with zero attached hydrogens (tertiary/aromatic N) is 1. The largest absolute Gasteiger partial charge is 0.481 e. The maximum absolute atomic E-state index is 11.9. The first-order valence-electron chi connectivity index (χ1n) is 6.30. The fourth-order valence-corrected chi connectivity index (χ4v) is 2.44. The fourth-order valence-electron chi connectivity index (χ4n) is 2.44. The van der Waals surface area contributed by atoms with E-state index in [-0.39, 0.29) is 24.3 Å². The van der Waals surface area contributed by atoms with Crippen molar-refractivity contribution in [2.45, 2.75) is 31.7 Å². The van der Waals surface area contributed by atoms with Gasteiger partial charge in [-0.1, -0.05) is 12.1 Å². The minimum atomic E-state index is -0.847. The van der Waals surface area contributed by atoms with Crippen LogP contribution in [0.4, 0.5) is 5.69 Å². The third kappa shape index (κ3) is 2.46. The van der Waals surface area contributed by atoms with Gasteiger partial charge in [0.05, 0.1) is 5.92 Å². The Morgan fingerprint density at radius 3 is 2.84 bits per heavy atom. The molecule has 2 unspecified atom stereocenters. The van der Waals surface area contributed by atoms with Crippen molar-refractivity contribution in [2.24, 2.45) is 5.73 Å². The van der Waals surface area contributed by atoms with Crippen LogP contribution in [0.5, 0.6) is 0 Å². The lowest BCUT2D eigenvalue weighted by Gasteiger charge is -2.14. The molecule has 0 saturated heterocycles. The number of aliphatic carboxylic acids is 1. The lowest BCUT2D eigenvalue weighted by atomic mass is 9.96. The Labute approximate surface area is 112 Å². The van der Waals surface area contributed by atoms with Crippen molar-refractivity contribution in [1.82, 2.24) is 0 Å². The molecule has 1 aromatic carbocycles. The predicted molar refractivity (Wildman–Crippen MR) is 72.1 cm³/mol. The number of hydrogen-bond donors (Lipinski definition) is 2. The highest BCUT2D eigenvalue weighted by atomic mass is 16.4. The molecule has 5 heteroatoms. The number of anilines is 1. The Hall–Kier alpha value is -1.88. The van der Waals surface area contributed by atoms with Crippen molar-refractivity contribution in [1.29, 1.82) is 0 Å². The topological polar surface area (TPSA) is 83.6 Å². The number of rotatable bonds is 4. The Bertz CT molecular complexity index is 527. The Morgan fingerprint density at radius 2 is 2.21 bits per heavy atom. The molecule has 1 aliphatic heterocycles. The molecule has 1 aromatic rings. The van der Waals surface area contributed by atoms with Crippen LogP contribution < -0.4 is 10.6 Å². The summed E-state index contributed by atoms with van der Waals surface area (Å²) in [5.74, 6) is -0.933. The number of benzene rings is 1. The first-order chi connectivity index (χ1) is 8.91. The van der Waals surface area contributed by atoms with E-state index in [2.05, 4.69) is 0 Å². The summed E-state index contributed by atoms with van der Waals surface area (Å²) in [5.41, 5.74) is 8.75. The molecule has 102 valence electrons. The van der Waals surface area contributed by atoms with Gasteiger partial charge in [0, 0.05) is 25.2 Å². The lowest BCUT2D eigenvalue weighted by molar-refractivity contribution is -0.137. The van der Waals surface area contributed by atoms with E-state index in [1.165, 1.54) is 0 Å². The lowest BCUT2D eigenvalue weighted by Crippen LogP contribution is -2.22. The molecule has 0 aromatic heterocycles. The maximum atomic E-state index is 11.9. The minimum absolute atomic E-state index is 0.0483. The summed E-state index contributed by atoms with van der Waals surface area (Å²) in [7, 11) is 1.76. The van der Waals surface area contributed by atoms with Crippen LogP contribution in [0.2, 0.25) is 0 Å². The molecule has 1 amide bonds. The van der Waals surface area contributed by atoms with Crippen molar-refractivity contribution < 1.29 is 14.7 Å². The summed E-state index contributed by atoms with van der Waals surface area (Å²) in [5, 5.41) is 8.67. The second-order valence-electron chi connectivity index (χ2n) is 4.98. The first kappa shape index (κ1) is 13.5. The Morgan fingerprint density at radius 1 is 1.53 bits per heavy atom. The number of amides is 1. The number of carboxylic acid groups (broad SMARTS) is 1. The second kappa shape index (κ2) is 5.01. The molecule has 0 spiro atoms. The Balaban J connectivity index is 2.23. The summed E-state index contributed by atoms with van der Waals surface area (Å²) < 4.78 is 0. The van der Waals surface area contributed by atoms with Gasteiger partial charge in [-0.05, 0) is 30.5 Å². The summed E-state index contributed by atoms with van der Waals surface area (Å²) in [6.45, 7) is 1.87. The van der Waals surface area contributed by atoms with Crippen molar-refractivity contribution in [3.8, 4) is 0 Å². The zero-order valence-electron chi connectivity index (χ0n) is 11.1. The van der Waals surface area contributed by atoms with E-state index >= 15 is 0 Å². The number of fused-ring (bicyclic) bond motifs is 1. The van der Waals surface area contributed by atoms with Crippen molar-refractivity contribution >= 4 is 17.6 Å². The van der Waals surface area contributed by atoms with E-state index < -0.39 is 5.97 Å². The molecule has 0 saturated carbocycles. The zero-order valence-corrected chi connectivity index (χ0v) is 11.1. The second-order valence-corrected chi connectivity index (χ2v) is 4.98. The van der Waals surface area contributed by atoms with Crippen LogP contribution in [-0.2, 0) is 9.59 Å². The third-order valence-electron chi connectivity index (χ3n) is 3.68. The normalized spacial score (nSPS) is 19.4. The van der Waals surface area contributed by atoms with Crippen LogP contribution in [0.15, 0.2) is 18.2 Å². The van der Waals surface area contributed by atoms with Crippen molar-refractivity contribution in [3.05, 3.63) is 29.3 Å². The molecule has 1 heterocycles. The quantitative estimate of drug-likeness (QED) is 0.863. The van der Waals surface area contributed by atoms with Gasteiger partial charge >= 0.3 is 5.97 Å². The highest BCUT2D eigenvalue weighted by Gasteiger charge is 2.31. The molecule has 0 radical (unpaired) electrons. The van der Waals surface area contributed by atoms with Gasteiger partial charge in [0.15, 0.2) is 0 Å². The van der Waals surface area contributed by atoms with Gasteiger partial charge in [-0.3, -0.25) is 9.59 Å². The molecular weight excluding hydrogens is 244 g/mol. The first-order valence-corrected chi connectivity index (χ1v) is 6.30. The van der Waals surface area contributed by atoms with Crippen LogP contribution in [0.3, 0.4) is 0 Å². The minimum Gasteiger partial charge on any atom is -0.481 e. The van der Waals surface area contributed by atoms with Gasteiger partial charge < -0.3 is 15.7 Å². The molecule has 0 aliphatic carbocycles. The Kier molecular flexibility index (Phi) is 3.57. The SMILES string of the molecule is CC1C(=O)N(C)c2ccc(C(N)CCC(=O)O)cc21. The molecule has 3 N–H and O–H groups in total. The number of carbonyl (C=O) groups excluding carboxylic acids is 1. The number of hydrogen-bond acceptors (Lipinski definition) is 3. The van der Waals surface area contributed by atoms with Gasteiger partial charge in [-0.25, -0.2) is 0 Å². The monoisotopic (exact) mass is 262 g/mol. The van der Waals surface area contributed by atoms with E-state index in [4.69, 9.17) is 10.8 Å². The van der Waals surface area contributed by atoms with E-state index in [9.17, 15) is 9.59 Å². The average Bonchev–Trinajstić information content (AvgIpc) is 2.61. The smallest absolute Gasteiger partial charge is 0.303 e. The molecule has 19 heavy (non-hydrogen) atoms. The van der Waals surface area contributed by atoms with Crippen LogP contribution in [0.25, 0.3) is 0 Å². The standard InChI is InChI=1S/C14H18N2O3/c1-8-10-7-9(11(15)4-6-13(17)18)3-5-12(10)16(2)14(8)19/h3,5,7-8,11H,4,6,15H2,1-2H3,(H,17,18). The molecule has 2 rings (SSSR count). The van der Waals surface area contributed by atoms with Crippen LogP contribution >= 0.6 is 0 Å². The number of nitrogens with two attached hydrogens (primary N) is 1. The van der Waals surface area contributed by atoms with E-state index in [1.807, 2.05) is 25.1 Å². The van der Waals surface area contributed by atoms with Gasteiger partial charge in [0.25, 0.3) is 0 Å². The van der Waals surface area contributed by atoms with Gasteiger partial charge in [0.2, 0.25) is 5.91 Å². The van der Waals surface area contributed by atoms with Crippen molar-refractivity contribution in [3.63, 3.8) is 0 Å². The molecule has 1 aliphatic rings. The molecule has 5 nitrogen and oxygen atoms in total. The molecule has 0 fully saturated rings. The van der Waals surface area contributed by atoms with E-state index in [0.29, 0.717) is 6.42 Å². The van der Waals surface area contributed by atoms with Crippen LogP contribution in [0.1, 0.15) is 42.9 Å². The predicted octanol–water partition coefficient (Wildman–Crippen LogP) is 1.63. The molecule has 2 atom stereocenters. The summed E-state index contributed by atoms with van der Waals surface area (Å²) >= 11 is 0. The summed E-state index contributed by atoms with van der Waals surface area (Å²) in [6.07, 6.45) is 0.443. The molecular formula is C14H18N2O3. The number of carboxylic acids is 1. The van der Waals surface area contributed by atoms with Gasteiger partial charge in [-0.15, -0.1) is 0 Å². The van der Waals surface area contributed by atoms with E-state index in [1.54, 1.807) is 11.9 Å². The maximum Gasteiger partial charge on any atom is 0.303 e. The fraction of sp³-hybridized carbons (Fsp3) is 0.429. The summed E-state index contributed by atoms with van der Waals surface area (Å²) in [6, 6.07) is 5.36. The van der Waals surface area contributed by atoms with Gasteiger partial charge in [-0.2, -0.15) is 0 Å².